The molecule has 0 aliphatic heterocycles. The average molecular weight is 359 g/mol. The Hall–Kier alpha value is -3.29. The number of carbonyl (C=O) groups excluding carboxylic acids is 1. The maximum absolute atomic E-state index is 13.2. The van der Waals surface area contributed by atoms with Crippen molar-refractivity contribution in [1.82, 2.24) is 15.4 Å². The zero-order valence-corrected chi connectivity index (χ0v) is 13.8. The van der Waals surface area contributed by atoms with Gasteiger partial charge in [0.15, 0.2) is 5.69 Å². The van der Waals surface area contributed by atoms with Crippen molar-refractivity contribution < 1.29 is 23.0 Å². The molecule has 2 aromatic carbocycles. The van der Waals surface area contributed by atoms with E-state index in [-0.39, 0.29) is 18.9 Å². The lowest BCUT2D eigenvalue weighted by Crippen LogP contribution is -2.06. The van der Waals surface area contributed by atoms with Crippen LogP contribution in [0.4, 0.5) is 8.78 Å². The van der Waals surface area contributed by atoms with E-state index in [2.05, 4.69) is 15.4 Å². The predicted octanol–water partition coefficient (Wildman–Crippen LogP) is 3.51. The Labute approximate surface area is 147 Å². The van der Waals surface area contributed by atoms with E-state index < -0.39 is 17.6 Å². The Morgan fingerprint density at radius 3 is 2.42 bits per heavy atom. The van der Waals surface area contributed by atoms with Crippen LogP contribution in [-0.4, -0.2) is 28.0 Å². The number of benzene rings is 2. The maximum atomic E-state index is 13.2. The first-order valence-corrected chi connectivity index (χ1v) is 7.83. The lowest BCUT2D eigenvalue weighted by Gasteiger charge is -2.07. The van der Waals surface area contributed by atoms with Crippen molar-refractivity contribution in [3.63, 3.8) is 0 Å². The van der Waals surface area contributed by atoms with Crippen molar-refractivity contribution in [2.24, 2.45) is 0 Å². The summed E-state index contributed by atoms with van der Waals surface area (Å²) >= 11 is 0. The number of esters is 1. The van der Waals surface area contributed by atoms with Gasteiger partial charge in [-0.05, 0) is 48.9 Å². The van der Waals surface area contributed by atoms with Gasteiger partial charge in [-0.2, -0.15) is 10.3 Å². The molecule has 3 rings (SSSR count). The molecule has 26 heavy (non-hydrogen) atoms. The number of halogens is 2. The van der Waals surface area contributed by atoms with Gasteiger partial charge in [-0.3, -0.25) is 0 Å². The predicted molar refractivity (Wildman–Crippen MR) is 88.5 cm³/mol. The lowest BCUT2D eigenvalue weighted by atomic mass is 10.1. The van der Waals surface area contributed by atoms with Crippen LogP contribution in [0.5, 0.6) is 5.75 Å². The fraction of sp³-hybridized carbons (Fsp3) is 0.167. The van der Waals surface area contributed by atoms with Gasteiger partial charge in [0.2, 0.25) is 0 Å². The second-order valence-electron chi connectivity index (χ2n) is 5.33. The minimum Gasteiger partial charge on any atom is -0.489 e. The molecule has 0 fully saturated rings. The van der Waals surface area contributed by atoms with E-state index in [9.17, 15) is 13.6 Å². The molecule has 3 aromatic rings. The fourth-order valence-electron chi connectivity index (χ4n) is 2.34. The Morgan fingerprint density at radius 1 is 1.08 bits per heavy atom. The van der Waals surface area contributed by atoms with E-state index in [0.717, 1.165) is 6.07 Å². The molecule has 0 bridgehead atoms. The highest BCUT2D eigenvalue weighted by molar-refractivity contribution is 5.93. The molecule has 6 nitrogen and oxygen atoms in total. The lowest BCUT2D eigenvalue weighted by molar-refractivity contribution is 0.0520. The number of hydrogen-bond acceptors (Lipinski definition) is 5. The van der Waals surface area contributed by atoms with Crippen molar-refractivity contribution >= 4 is 5.97 Å². The topological polar surface area (TPSA) is 77.1 Å². The molecule has 1 aromatic heterocycles. The van der Waals surface area contributed by atoms with Crippen LogP contribution in [0.15, 0.2) is 42.5 Å². The Morgan fingerprint density at radius 2 is 1.77 bits per heavy atom. The summed E-state index contributed by atoms with van der Waals surface area (Å²) in [5.74, 6) is -1.38. The third-order valence-corrected chi connectivity index (χ3v) is 3.47. The molecule has 0 unspecified atom stereocenters. The summed E-state index contributed by atoms with van der Waals surface area (Å²) in [6, 6.07) is 9.93. The van der Waals surface area contributed by atoms with Gasteiger partial charge in [-0.1, -0.05) is 0 Å². The van der Waals surface area contributed by atoms with E-state index in [1.165, 1.54) is 12.1 Å². The first-order chi connectivity index (χ1) is 12.6. The molecular weight excluding hydrogens is 344 g/mol. The summed E-state index contributed by atoms with van der Waals surface area (Å²) in [6.45, 7) is 1.96. The van der Waals surface area contributed by atoms with Gasteiger partial charge >= 0.3 is 5.97 Å². The quantitative estimate of drug-likeness (QED) is 0.682. The fourth-order valence-corrected chi connectivity index (χ4v) is 2.34. The first kappa shape index (κ1) is 17.5. The van der Waals surface area contributed by atoms with Gasteiger partial charge in [-0.25, -0.2) is 13.6 Å². The standard InChI is InChI=1S/C18H15F2N3O3/c1-2-25-18(24)17-16(21-23-22-17)12-3-5-15(6-4-12)26-10-11-7-13(19)9-14(20)8-11/h3-9H,2,10H2,1H3,(H,21,22,23). The van der Waals surface area contributed by atoms with Crippen LogP contribution in [0.2, 0.25) is 0 Å². The van der Waals surface area contributed by atoms with Gasteiger partial charge in [0.1, 0.15) is 29.7 Å². The second kappa shape index (κ2) is 7.73. The molecule has 0 amide bonds. The maximum Gasteiger partial charge on any atom is 0.361 e. The molecule has 1 N–H and O–H groups in total. The third kappa shape index (κ3) is 4.02. The highest BCUT2D eigenvalue weighted by Crippen LogP contribution is 2.24. The van der Waals surface area contributed by atoms with Gasteiger partial charge in [0, 0.05) is 11.6 Å². The van der Waals surface area contributed by atoms with E-state index >= 15 is 0 Å². The van der Waals surface area contributed by atoms with Crippen molar-refractivity contribution in [2.45, 2.75) is 13.5 Å². The molecule has 0 aliphatic rings. The van der Waals surface area contributed by atoms with Crippen LogP contribution in [0, 0.1) is 11.6 Å². The number of carbonyl (C=O) groups is 1. The largest absolute Gasteiger partial charge is 0.489 e. The van der Waals surface area contributed by atoms with Gasteiger partial charge in [0.25, 0.3) is 0 Å². The summed E-state index contributed by atoms with van der Waals surface area (Å²) < 4.78 is 36.8. The number of nitrogens with zero attached hydrogens (tertiary/aromatic N) is 2. The van der Waals surface area contributed by atoms with Crippen LogP contribution in [0.1, 0.15) is 23.0 Å². The molecule has 0 aliphatic carbocycles. The monoisotopic (exact) mass is 359 g/mol. The minimum atomic E-state index is -0.656. The van der Waals surface area contributed by atoms with Crippen LogP contribution in [-0.2, 0) is 11.3 Å². The summed E-state index contributed by atoms with van der Waals surface area (Å²) in [6.07, 6.45) is 0. The van der Waals surface area contributed by atoms with Crippen molar-refractivity contribution in [3.05, 3.63) is 65.4 Å². The van der Waals surface area contributed by atoms with Gasteiger partial charge in [0.05, 0.1) is 6.61 Å². The summed E-state index contributed by atoms with van der Waals surface area (Å²) in [5, 5.41) is 10.2. The number of H-pyrrole nitrogens is 1. The average Bonchev–Trinajstić information content (AvgIpc) is 3.10. The molecule has 0 spiro atoms. The molecule has 134 valence electrons. The Balaban J connectivity index is 1.71. The number of rotatable bonds is 6. The SMILES string of the molecule is CCOC(=O)c1n[nH]nc1-c1ccc(OCc2cc(F)cc(F)c2)cc1. The number of aromatic amines is 1. The molecule has 0 saturated heterocycles. The zero-order chi connectivity index (χ0) is 18.5. The summed E-state index contributed by atoms with van der Waals surface area (Å²) in [5.41, 5.74) is 1.48. The van der Waals surface area contributed by atoms with Crippen LogP contribution < -0.4 is 4.74 Å². The van der Waals surface area contributed by atoms with Crippen LogP contribution >= 0.6 is 0 Å². The normalized spacial score (nSPS) is 10.6. The summed E-state index contributed by atoms with van der Waals surface area (Å²) in [7, 11) is 0. The van der Waals surface area contributed by atoms with Crippen molar-refractivity contribution in [1.29, 1.82) is 0 Å². The first-order valence-electron chi connectivity index (χ1n) is 7.83. The molecule has 0 atom stereocenters. The van der Waals surface area contributed by atoms with E-state index in [1.807, 2.05) is 0 Å². The molecular formula is C18H15F2N3O3. The van der Waals surface area contributed by atoms with Crippen LogP contribution in [0.3, 0.4) is 0 Å². The Kier molecular flexibility index (Phi) is 5.21. The third-order valence-electron chi connectivity index (χ3n) is 3.47. The molecule has 1 heterocycles. The molecule has 8 heteroatoms. The number of ether oxygens (including phenoxy) is 2. The second-order valence-corrected chi connectivity index (χ2v) is 5.33. The number of nitrogens with one attached hydrogen (secondary N) is 1. The molecule has 0 radical (unpaired) electrons. The van der Waals surface area contributed by atoms with Crippen molar-refractivity contribution in [2.75, 3.05) is 6.61 Å². The number of hydrogen-bond donors (Lipinski definition) is 1. The smallest absolute Gasteiger partial charge is 0.361 e. The highest BCUT2D eigenvalue weighted by atomic mass is 19.1. The van der Waals surface area contributed by atoms with E-state index in [0.29, 0.717) is 22.6 Å². The highest BCUT2D eigenvalue weighted by Gasteiger charge is 2.18. The Bertz CT molecular complexity index is 890. The van der Waals surface area contributed by atoms with Crippen molar-refractivity contribution in [3.8, 4) is 17.0 Å². The summed E-state index contributed by atoms with van der Waals surface area (Å²) in [4.78, 5) is 11.9. The van der Waals surface area contributed by atoms with E-state index in [4.69, 9.17) is 9.47 Å². The zero-order valence-electron chi connectivity index (χ0n) is 13.8. The van der Waals surface area contributed by atoms with Gasteiger partial charge < -0.3 is 9.47 Å². The number of aromatic nitrogens is 3. The minimum absolute atomic E-state index is 0.0199. The van der Waals surface area contributed by atoms with Crippen LogP contribution in [0.25, 0.3) is 11.3 Å². The van der Waals surface area contributed by atoms with E-state index in [1.54, 1.807) is 31.2 Å². The van der Waals surface area contributed by atoms with Gasteiger partial charge in [-0.15, -0.1) is 5.10 Å². The molecule has 0 saturated carbocycles.